The van der Waals surface area contributed by atoms with E-state index in [4.69, 9.17) is 0 Å². The standard InChI is InChI=1S/C2H6S.Ir/c1-3-2;/h1-2H3;. The number of thioether (sulfide) groups is 1. The second-order valence-corrected chi connectivity index (χ2v) is 1.22. The van der Waals surface area contributed by atoms with Gasteiger partial charge in [0.15, 0.2) is 0 Å². The Balaban J connectivity index is 0. The molecule has 0 bridgehead atoms. The van der Waals surface area contributed by atoms with Gasteiger partial charge in [-0.05, 0) is 12.5 Å². The molecule has 0 aromatic rings. The first kappa shape index (κ1) is 8.89. The van der Waals surface area contributed by atoms with Gasteiger partial charge in [0.1, 0.15) is 0 Å². The number of hydrogen-bond donors (Lipinski definition) is 0. The van der Waals surface area contributed by atoms with E-state index in [2.05, 4.69) is 0 Å². The molecule has 1 radical (unpaired) electrons. The summed E-state index contributed by atoms with van der Waals surface area (Å²) in [4.78, 5) is 0. The molecule has 29 valence electrons. The normalized spacial score (nSPS) is 4.50. The van der Waals surface area contributed by atoms with Gasteiger partial charge in [0.2, 0.25) is 0 Å². The fraction of sp³-hybridized carbons (Fsp3) is 1.00. The maximum atomic E-state index is 2.04. The SMILES string of the molecule is CSC.[Ir]. The summed E-state index contributed by atoms with van der Waals surface area (Å²) in [6.07, 6.45) is 4.08. The van der Waals surface area contributed by atoms with Gasteiger partial charge >= 0.3 is 0 Å². The molecule has 0 N–H and O–H groups in total. The summed E-state index contributed by atoms with van der Waals surface area (Å²) in [5.74, 6) is 0. The summed E-state index contributed by atoms with van der Waals surface area (Å²) in [6, 6.07) is 0. The minimum absolute atomic E-state index is 0. The van der Waals surface area contributed by atoms with Crippen molar-refractivity contribution < 1.29 is 20.1 Å². The molecule has 0 aromatic heterocycles. The van der Waals surface area contributed by atoms with E-state index in [0.717, 1.165) is 0 Å². The largest absolute Gasteiger partial charge is 0.169 e. The zero-order valence-corrected chi connectivity index (χ0v) is 5.95. The van der Waals surface area contributed by atoms with E-state index >= 15 is 0 Å². The van der Waals surface area contributed by atoms with E-state index in [-0.39, 0.29) is 20.1 Å². The van der Waals surface area contributed by atoms with Crippen LogP contribution in [-0.4, -0.2) is 12.5 Å². The molecule has 0 aliphatic rings. The predicted octanol–water partition coefficient (Wildman–Crippen LogP) is 0.977. The molecule has 0 saturated heterocycles. The van der Waals surface area contributed by atoms with Crippen LogP contribution in [0.3, 0.4) is 0 Å². The molecule has 0 rings (SSSR count). The van der Waals surface area contributed by atoms with Gasteiger partial charge < -0.3 is 0 Å². The van der Waals surface area contributed by atoms with Crippen molar-refractivity contribution in [1.29, 1.82) is 0 Å². The van der Waals surface area contributed by atoms with E-state index in [1.54, 1.807) is 11.8 Å². The average Bonchev–Trinajstić information content (AvgIpc) is 0.918. The van der Waals surface area contributed by atoms with E-state index in [0.29, 0.717) is 0 Å². The third kappa shape index (κ3) is 12.0. The summed E-state index contributed by atoms with van der Waals surface area (Å²) in [7, 11) is 0. The Bertz CT molecular complexity index is 6.00. The number of rotatable bonds is 0. The van der Waals surface area contributed by atoms with Crippen molar-refractivity contribution in [2.45, 2.75) is 0 Å². The Morgan fingerprint density at radius 2 is 1.25 bits per heavy atom. The molecular formula is C2H6IrS. The van der Waals surface area contributed by atoms with Crippen molar-refractivity contribution in [1.82, 2.24) is 0 Å². The van der Waals surface area contributed by atoms with Crippen LogP contribution in [0.5, 0.6) is 0 Å². The summed E-state index contributed by atoms with van der Waals surface area (Å²) in [5.41, 5.74) is 0. The van der Waals surface area contributed by atoms with Crippen molar-refractivity contribution in [3.8, 4) is 0 Å². The van der Waals surface area contributed by atoms with Crippen molar-refractivity contribution in [3.63, 3.8) is 0 Å². The smallest absolute Gasteiger partial charge is 0 e. The molecule has 0 spiro atoms. The molecule has 0 saturated carbocycles. The van der Waals surface area contributed by atoms with Gasteiger partial charge in [0.05, 0.1) is 0 Å². The van der Waals surface area contributed by atoms with Crippen molar-refractivity contribution >= 4 is 11.8 Å². The average molecular weight is 254 g/mol. The molecule has 0 fully saturated rings. The Labute approximate surface area is 44.7 Å². The monoisotopic (exact) mass is 255 g/mol. The van der Waals surface area contributed by atoms with Crippen LogP contribution in [-0.2, 0) is 20.1 Å². The zero-order chi connectivity index (χ0) is 2.71. The second-order valence-electron chi connectivity index (χ2n) is 0.408. The van der Waals surface area contributed by atoms with Gasteiger partial charge in [-0.25, -0.2) is 0 Å². The van der Waals surface area contributed by atoms with E-state index < -0.39 is 0 Å². The Hall–Kier alpha value is 0.999. The molecular weight excluding hydrogens is 248 g/mol. The van der Waals surface area contributed by atoms with Gasteiger partial charge in [-0.3, -0.25) is 0 Å². The molecule has 0 atom stereocenters. The van der Waals surface area contributed by atoms with Crippen LogP contribution in [0, 0.1) is 0 Å². The maximum Gasteiger partial charge on any atom is 0 e. The molecule has 0 amide bonds. The molecule has 0 heterocycles. The Kier molecular flexibility index (Phi) is 20.0. The van der Waals surface area contributed by atoms with E-state index in [1.807, 2.05) is 12.5 Å². The first-order valence-electron chi connectivity index (χ1n) is 0.816. The molecule has 2 heteroatoms. The van der Waals surface area contributed by atoms with Gasteiger partial charge in [0.25, 0.3) is 0 Å². The molecule has 0 aliphatic heterocycles. The molecule has 0 aliphatic carbocycles. The van der Waals surface area contributed by atoms with E-state index in [1.165, 1.54) is 0 Å². The molecule has 0 aromatic carbocycles. The quantitative estimate of drug-likeness (QED) is 0.621. The summed E-state index contributed by atoms with van der Waals surface area (Å²) < 4.78 is 0. The maximum absolute atomic E-state index is 2.04. The van der Waals surface area contributed by atoms with Crippen molar-refractivity contribution in [3.05, 3.63) is 0 Å². The van der Waals surface area contributed by atoms with Crippen LogP contribution < -0.4 is 0 Å². The van der Waals surface area contributed by atoms with Crippen LogP contribution in [0.25, 0.3) is 0 Å². The fourth-order valence-electron chi connectivity index (χ4n) is 0. The van der Waals surface area contributed by atoms with Gasteiger partial charge in [-0.2, -0.15) is 11.8 Å². The topological polar surface area (TPSA) is 0 Å². The van der Waals surface area contributed by atoms with Crippen LogP contribution in [0.2, 0.25) is 0 Å². The minimum Gasteiger partial charge on any atom is -0.169 e. The van der Waals surface area contributed by atoms with Gasteiger partial charge in [-0.15, -0.1) is 0 Å². The predicted molar refractivity (Wildman–Crippen MR) is 19.4 cm³/mol. The van der Waals surface area contributed by atoms with Gasteiger partial charge in [0, 0.05) is 20.1 Å². The van der Waals surface area contributed by atoms with Crippen molar-refractivity contribution in [2.24, 2.45) is 0 Å². The third-order valence-electron chi connectivity index (χ3n) is 0. The summed E-state index contributed by atoms with van der Waals surface area (Å²) in [6.45, 7) is 0. The van der Waals surface area contributed by atoms with Crippen LogP contribution >= 0.6 is 11.8 Å². The Morgan fingerprint density at radius 3 is 1.25 bits per heavy atom. The minimum atomic E-state index is 0. The molecule has 0 unspecified atom stereocenters. The number of hydrogen-bond acceptors (Lipinski definition) is 1. The summed E-state index contributed by atoms with van der Waals surface area (Å²) >= 11 is 1.75. The second kappa shape index (κ2) is 9.00. The Morgan fingerprint density at radius 1 is 1.25 bits per heavy atom. The first-order chi connectivity index (χ1) is 1.41. The van der Waals surface area contributed by atoms with E-state index in [9.17, 15) is 0 Å². The molecule has 0 nitrogen and oxygen atoms in total. The zero-order valence-electron chi connectivity index (χ0n) is 2.74. The molecule has 4 heavy (non-hydrogen) atoms. The van der Waals surface area contributed by atoms with Crippen LogP contribution in [0.1, 0.15) is 0 Å². The van der Waals surface area contributed by atoms with Crippen LogP contribution in [0.4, 0.5) is 0 Å². The fourth-order valence-corrected chi connectivity index (χ4v) is 0. The van der Waals surface area contributed by atoms with Crippen molar-refractivity contribution in [2.75, 3.05) is 12.5 Å². The van der Waals surface area contributed by atoms with Crippen LogP contribution in [0.15, 0.2) is 0 Å². The summed E-state index contributed by atoms with van der Waals surface area (Å²) in [5, 5.41) is 0. The van der Waals surface area contributed by atoms with Gasteiger partial charge in [-0.1, -0.05) is 0 Å². The third-order valence-corrected chi connectivity index (χ3v) is 0. The first-order valence-corrected chi connectivity index (χ1v) is 2.45.